The Kier molecular flexibility index (Phi) is 3.80. The maximum Gasteiger partial charge on any atom is 0.274 e. The van der Waals surface area contributed by atoms with E-state index in [4.69, 9.17) is 5.73 Å². The Balaban J connectivity index is 2.27. The number of hydrogen-bond acceptors (Lipinski definition) is 3. The maximum absolute atomic E-state index is 13.4. The number of aromatic nitrogens is 1. The van der Waals surface area contributed by atoms with Crippen molar-refractivity contribution < 1.29 is 9.18 Å². The molecule has 6 heteroatoms. The lowest BCUT2D eigenvalue weighted by molar-refractivity contribution is 0.102. The van der Waals surface area contributed by atoms with Gasteiger partial charge in [0, 0.05) is 5.69 Å². The number of benzene rings is 1. The molecule has 98 valence electrons. The Morgan fingerprint density at radius 2 is 2.16 bits per heavy atom. The first-order chi connectivity index (χ1) is 8.97. The van der Waals surface area contributed by atoms with Crippen LogP contribution in [0.3, 0.4) is 0 Å². The van der Waals surface area contributed by atoms with Crippen molar-refractivity contribution in [2.75, 3.05) is 11.1 Å². The number of nitrogens with zero attached hydrogens (tertiary/aromatic N) is 1. The van der Waals surface area contributed by atoms with Crippen LogP contribution in [0.1, 0.15) is 16.1 Å². The topological polar surface area (TPSA) is 68.0 Å². The summed E-state index contributed by atoms with van der Waals surface area (Å²) in [6.45, 7) is 1.77. The standard InChI is InChI=1S/C13H11BrFN3O/c1-7-5-8(14)9(15)6-11(7)18-13(19)10-3-2-4-12(16)17-10/h2-6H,1H3,(H2,16,17)(H,18,19). The number of pyridine rings is 1. The minimum Gasteiger partial charge on any atom is -0.384 e. The van der Waals surface area contributed by atoms with Gasteiger partial charge >= 0.3 is 0 Å². The number of anilines is 2. The minimum atomic E-state index is -0.443. The van der Waals surface area contributed by atoms with Gasteiger partial charge in [0.25, 0.3) is 5.91 Å². The first-order valence-electron chi connectivity index (χ1n) is 5.47. The van der Waals surface area contributed by atoms with Crippen molar-refractivity contribution in [1.82, 2.24) is 4.98 Å². The van der Waals surface area contributed by atoms with Crippen molar-refractivity contribution >= 4 is 33.3 Å². The zero-order valence-electron chi connectivity index (χ0n) is 10.1. The van der Waals surface area contributed by atoms with Gasteiger partial charge in [-0.1, -0.05) is 6.07 Å². The van der Waals surface area contributed by atoms with Crippen LogP contribution in [0.2, 0.25) is 0 Å². The Labute approximate surface area is 118 Å². The molecule has 0 spiro atoms. The lowest BCUT2D eigenvalue weighted by atomic mass is 10.2. The third-order valence-corrected chi connectivity index (χ3v) is 3.13. The summed E-state index contributed by atoms with van der Waals surface area (Å²) in [4.78, 5) is 15.9. The minimum absolute atomic E-state index is 0.183. The molecule has 0 bridgehead atoms. The molecule has 1 aromatic carbocycles. The molecular formula is C13H11BrFN3O. The van der Waals surface area contributed by atoms with E-state index >= 15 is 0 Å². The molecule has 0 aliphatic rings. The third-order valence-electron chi connectivity index (χ3n) is 2.52. The monoisotopic (exact) mass is 323 g/mol. The van der Waals surface area contributed by atoms with Crippen molar-refractivity contribution in [3.63, 3.8) is 0 Å². The molecule has 0 saturated carbocycles. The second-order valence-electron chi connectivity index (χ2n) is 3.98. The van der Waals surface area contributed by atoms with Gasteiger partial charge in [0.1, 0.15) is 17.3 Å². The molecule has 1 amide bonds. The SMILES string of the molecule is Cc1cc(Br)c(F)cc1NC(=O)c1cccc(N)n1. The highest BCUT2D eigenvalue weighted by atomic mass is 79.9. The molecule has 0 unspecified atom stereocenters. The fraction of sp³-hybridized carbons (Fsp3) is 0.0769. The molecule has 1 aromatic heterocycles. The van der Waals surface area contributed by atoms with Crippen LogP contribution in [0.25, 0.3) is 0 Å². The molecule has 0 radical (unpaired) electrons. The Morgan fingerprint density at radius 1 is 1.42 bits per heavy atom. The highest BCUT2D eigenvalue weighted by Gasteiger charge is 2.11. The quantitative estimate of drug-likeness (QED) is 0.892. The Morgan fingerprint density at radius 3 is 2.84 bits per heavy atom. The first kappa shape index (κ1) is 13.5. The number of amides is 1. The normalized spacial score (nSPS) is 10.3. The number of halogens is 2. The number of aryl methyl sites for hydroxylation is 1. The molecule has 0 saturated heterocycles. The molecule has 0 aliphatic carbocycles. The van der Waals surface area contributed by atoms with E-state index in [1.54, 1.807) is 25.1 Å². The average Bonchev–Trinajstić information content (AvgIpc) is 2.36. The van der Waals surface area contributed by atoms with Gasteiger partial charge in [-0.15, -0.1) is 0 Å². The largest absolute Gasteiger partial charge is 0.384 e. The molecule has 2 aromatic rings. The van der Waals surface area contributed by atoms with E-state index in [0.29, 0.717) is 10.2 Å². The summed E-state index contributed by atoms with van der Waals surface area (Å²) in [5.41, 5.74) is 6.83. The molecule has 19 heavy (non-hydrogen) atoms. The van der Waals surface area contributed by atoms with Crippen LogP contribution in [-0.4, -0.2) is 10.9 Å². The number of nitrogens with two attached hydrogens (primary N) is 1. The highest BCUT2D eigenvalue weighted by molar-refractivity contribution is 9.10. The van der Waals surface area contributed by atoms with E-state index in [0.717, 1.165) is 5.56 Å². The summed E-state index contributed by atoms with van der Waals surface area (Å²) in [5, 5.41) is 2.60. The van der Waals surface area contributed by atoms with Gasteiger partial charge in [-0.25, -0.2) is 9.37 Å². The fourth-order valence-corrected chi connectivity index (χ4v) is 2.00. The van der Waals surface area contributed by atoms with Crippen LogP contribution in [-0.2, 0) is 0 Å². The van der Waals surface area contributed by atoms with Gasteiger partial charge in [0.05, 0.1) is 4.47 Å². The average molecular weight is 324 g/mol. The summed E-state index contributed by atoms with van der Waals surface area (Å²) >= 11 is 3.08. The molecule has 0 aliphatic heterocycles. The van der Waals surface area contributed by atoms with Gasteiger partial charge < -0.3 is 11.1 Å². The predicted octanol–water partition coefficient (Wildman–Crippen LogP) is 3.13. The van der Waals surface area contributed by atoms with Gasteiger partial charge in [-0.05, 0) is 52.7 Å². The van der Waals surface area contributed by atoms with E-state index in [9.17, 15) is 9.18 Å². The van der Waals surface area contributed by atoms with Crippen molar-refractivity contribution in [2.45, 2.75) is 6.92 Å². The van der Waals surface area contributed by atoms with Crippen LogP contribution in [0.15, 0.2) is 34.8 Å². The van der Waals surface area contributed by atoms with Crippen LogP contribution < -0.4 is 11.1 Å². The summed E-state index contributed by atoms with van der Waals surface area (Å²) in [5.74, 6) is -0.620. The number of carbonyl (C=O) groups is 1. The summed E-state index contributed by atoms with van der Waals surface area (Å²) in [6.07, 6.45) is 0. The number of carbonyl (C=O) groups excluding carboxylic acids is 1. The second-order valence-corrected chi connectivity index (χ2v) is 4.84. The van der Waals surface area contributed by atoms with Crippen molar-refractivity contribution in [3.8, 4) is 0 Å². The molecule has 0 fully saturated rings. The third kappa shape index (κ3) is 3.08. The van der Waals surface area contributed by atoms with E-state index in [1.807, 2.05) is 0 Å². The molecule has 0 atom stereocenters. The zero-order chi connectivity index (χ0) is 14.0. The first-order valence-corrected chi connectivity index (χ1v) is 6.26. The van der Waals surface area contributed by atoms with Crippen LogP contribution in [0.5, 0.6) is 0 Å². The van der Waals surface area contributed by atoms with Gasteiger partial charge in [0.2, 0.25) is 0 Å². The summed E-state index contributed by atoms with van der Waals surface area (Å²) < 4.78 is 13.8. The van der Waals surface area contributed by atoms with E-state index in [2.05, 4.69) is 26.2 Å². The predicted molar refractivity (Wildman–Crippen MR) is 75.4 cm³/mol. The van der Waals surface area contributed by atoms with Gasteiger partial charge in [-0.3, -0.25) is 4.79 Å². The smallest absolute Gasteiger partial charge is 0.274 e. The summed E-state index contributed by atoms with van der Waals surface area (Å²) in [7, 11) is 0. The lowest BCUT2D eigenvalue weighted by Gasteiger charge is -2.09. The number of hydrogen-bond donors (Lipinski definition) is 2. The molecule has 4 nitrogen and oxygen atoms in total. The van der Waals surface area contributed by atoms with E-state index in [-0.39, 0.29) is 11.5 Å². The number of rotatable bonds is 2. The van der Waals surface area contributed by atoms with Crippen molar-refractivity contribution in [2.24, 2.45) is 0 Å². The molecular weight excluding hydrogens is 313 g/mol. The number of nitrogen functional groups attached to an aromatic ring is 1. The fourth-order valence-electron chi connectivity index (χ4n) is 1.55. The van der Waals surface area contributed by atoms with Crippen LogP contribution >= 0.6 is 15.9 Å². The van der Waals surface area contributed by atoms with Crippen molar-refractivity contribution in [1.29, 1.82) is 0 Å². The molecule has 3 N–H and O–H groups in total. The Hall–Kier alpha value is -1.95. The zero-order valence-corrected chi connectivity index (χ0v) is 11.7. The Bertz CT molecular complexity index is 646. The van der Waals surface area contributed by atoms with Crippen molar-refractivity contribution in [3.05, 3.63) is 51.9 Å². The van der Waals surface area contributed by atoms with Crippen LogP contribution in [0.4, 0.5) is 15.9 Å². The lowest BCUT2D eigenvalue weighted by Crippen LogP contribution is -2.15. The summed E-state index contributed by atoms with van der Waals surface area (Å²) in [6, 6.07) is 7.60. The van der Waals surface area contributed by atoms with Crippen LogP contribution in [0, 0.1) is 12.7 Å². The highest BCUT2D eigenvalue weighted by Crippen LogP contribution is 2.24. The molecule has 2 rings (SSSR count). The second kappa shape index (κ2) is 5.36. The van der Waals surface area contributed by atoms with E-state index < -0.39 is 11.7 Å². The van der Waals surface area contributed by atoms with Gasteiger partial charge in [-0.2, -0.15) is 0 Å². The molecule has 1 heterocycles. The van der Waals surface area contributed by atoms with E-state index in [1.165, 1.54) is 12.1 Å². The van der Waals surface area contributed by atoms with Gasteiger partial charge in [0.15, 0.2) is 0 Å². The maximum atomic E-state index is 13.4. The number of nitrogens with one attached hydrogen (secondary N) is 1.